The van der Waals surface area contributed by atoms with Gasteiger partial charge in [0.05, 0.1) is 16.7 Å². The smallest absolute Gasteiger partial charge is 0.369 e. The van der Waals surface area contributed by atoms with E-state index in [1.165, 1.54) is 0 Å². The third kappa shape index (κ3) is 4.08. The number of rotatable bonds is 5. The van der Waals surface area contributed by atoms with Crippen molar-refractivity contribution in [3.63, 3.8) is 0 Å². The second-order valence-electron chi connectivity index (χ2n) is 4.65. The molecule has 0 spiro atoms. The second-order valence-corrected chi connectivity index (χ2v) is 4.65. The van der Waals surface area contributed by atoms with Crippen LogP contribution < -0.4 is 5.32 Å². The minimum absolute atomic E-state index is 0.122. The summed E-state index contributed by atoms with van der Waals surface area (Å²) >= 11 is 0. The zero-order valence-electron chi connectivity index (χ0n) is 11.2. The third-order valence-electron chi connectivity index (χ3n) is 2.92. The van der Waals surface area contributed by atoms with Crippen molar-refractivity contribution < 1.29 is 13.2 Å². The van der Waals surface area contributed by atoms with Crippen LogP contribution in [-0.2, 0) is 0 Å². The molecule has 108 valence electrons. The number of unbranched alkanes of at least 4 members (excludes halogenated alkanes) is 1. The first-order valence-electron chi connectivity index (χ1n) is 6.50. The Kier molecular flexibility index (Phi) is 4.42. The first-order valence-corrected chi connectivity index (χ1v) is 6.50. The summed E-state index contributed by atoms with van der Waals surface area (Å²) < 4.78 is 36.0. The van der Waals surface area contributed by atoms with Gasteiger partial charge in [-0.15, -0.1) is 0 Å². The Hall–Kier alpha value is -1.85. The lowest BCUT2D eigenvalue weighted by Crippen LogP contribution is -2.10. The van der Waals surface area contributed by atoms with Crippen LogP contribution >= 0.6 is 0 Å². The molecule has 0 saturated heterocycles. The molecule has 0 fully saturated rings. The molecule has 1 heterocycles. The van der Waals surface area contributed by atoms with Gasteiger partial charge in [0, 0.05) is 13.0 Å². The minimum Gasteiger partial charge on any atom is -0.369 e. The number of aryl methyl sites for hydroxylation is 1. The van der Waals surface area contributed by atoms with Crippen molar-refractivity contribution >= 4 is 16.9 Å². The number of halogens is 3. The van der Waals surface area contributed by atoms with Crippen LogP contribution in [0.4, 0.5) is 19.0 Å². The molecule has 0 radical (unpaired) electrons. The lowest BCUT2D eigenvalue weighted by Gasteiger charge is -2.10. The highest BCUT2D eigenvalue weighted by molar-refractivity contribution is 5.76. The molecule has 1 aromatic heterocycles. The number of hydrogen-bond donors (Lipinski definition) is 1. The van der Waals surface area contributed by atoms with E-state index in [1.807, 2.05) is 31.2 Å². The molecular weight excluding hydrogens is 267 g/mol. The zero-order chi connectivity index (χ0) is 14.6. The van der Waals surface area contributed by atoms with Crippen molar-refractivity contribution in [1.29, 1.82) is 0 Å². The molecular formula is C14H16F3N3. The van der Waals surface area contributed by atoms with E-state index in [9.17, 15) is 13.2 Å². The lowest BCUT2D eigenvalue weighted by atomic mass is 10.2. The highest BCUT2D eigenvalue weighted by Crippen LogP contribution is 2.22. The maximum atomic E-state index is 12.0. The average molecular weight is 283 g/mol. The maximum absolute atomic E-state index is 12.0. The molecule has 0 bridgehead atoms. The highest BCUT2D eigenvalue weighted by Gasteiger charge is 2.25. The Morgan fingerprint density at radius 1 is 1.05 bits per heavy atom. The average Bonchev–Trinajstić information content (AvgIpc) is 2.37. The van der Waals surface area contributed by atoms with Gasteiger partial charge in [-0.3, -0.25) is 0 Å². The molecule has 0 aliphatic heterocycles. The van der Waals surface area contributed by atoms with E-state index in [0.717, 1.165) is 16.7 Å². The fourth-order valence-electron chi connectivity index (χ4n) is 1.91. The summed E-state index contributed by atoms with van der Waals surface area (Å²) in [7, 11) is 0. The van der Waals surface area contributed by atoms with Crippen molar-refractivity contribution in [2.45, 2.75) is 32.4 Å². The summed E-state index contributed by atoms with van der Waals surface area (Å²) in [5.74, 6) is 0.635. The summed E-state index contributed by atoms with van der Waals surface area (Å²) in [6.45, 7) is 2.29. The van der Waals surface area contributed by atoms with Crippen molar-refractivity contribution in [1.82, 2.24) is 9.97 Å². The van der Waals surface area contributed by atoms with Crippen molar-refractivity contribution in [2.24, 2.45) is 0 Å². The first-order chi connectivity index (χ1) is 9.46. The Morgan fingerprint density at radius 2 is 1.70 bits per heavy atom. The van der Waals surface area contributed by atoms with Gasteiger partial charge in [0.25, 0.3) is 0 Å². The van der Waals surface area contributed by atoms with Gasteiger partial charge < -0.3 is 5.32 Å². The standard InChI is InChI=1S/C14H16F3N3/c1-10-13(18-9-5-4-8-14(15,16)17)20-12-7-3-2-6-11(12)19-10/h2-3,6-7H,4-5,8-9H2,1H3,(H,18,20). The molecule has 2 rings (SSSR count). The van der Waals surface area contributed by atoms with Gasteiger partial charge in [0.2, 0.25) is 0 Å². The molecule has 0 unspecified atom stereocenters. The van der Waals surface area contributed by atoms with Gasteiger partial charge in [0.1, 0.15) is 5.82 Å². The van der Waals surface area contributed by atoms with Crippen LogP contribution in [0, 0.1) is 6.92 Å². The fraction of sp³-hybridized carbons (Fsp3) is 0.429. The third-order valence-corrected chi connectivity index (χ3v) is 2.92. The van der Waals surface area contributed by atoms with Crippen molar-refractivity contribution in [3.05, 3.63) is 30.0 Å². The summed E-state index contributed by atoms with van der Waals surface area (Å²) in [5, 5.41) is 3.05. The topological polar surface area (TPSA) is 37.8 Å². The van der Waals surface area contributed by atoms with Crippen LogP contribution in [0.25, 0.3) is 11.0 Å². The number of anilines is 1. The van der Waals surface area contributed by atoms with E-state index in [-0.39, 0.29) is 6.42 Å². The number of para-hydroxylation sites is 2. The molecule has 6 heteroatoms. The van der Waals surface area contributed by atoms with Crippen LogP contribution in [0.15, 0.2) is 24.3 Å². The second kappa shape index (κ2) is 6.07. The van der Waals surface area contributed by atoms with E-state index in [1.54, 1.807) is 0 Å². The Morgan fingerprint density at radius 3 is 2.35 bits per heavy atom. The fourth-order valence-corrected chi connectivity index (χ4v) is 1.91. The zero-order valence-corrected chi connectivity index (χ0v) is 11.2. The van der Waals surface area contributed by atoms with E-state index >= 15 is 0 Å². The molecule has 0 atom stereocenters. The van der Waals surface area contributed by atoms with Gasteiger partial charge in [0.15, 0.2) is 0 Å². The molecule has 1 N–H and O–H groups in total. The normalized spacial score (nSPS) is 11.8. The Bertz CT molecular complexity index is 581. The maximum Gasteiger partial charge on any atom is 0.389 e. The van der Waals surface area contributed by atoms with E-state index in [2.05, 4.69) is 15.3 Å². The van der Waals surface area contributed by atoms with Crippen LogP contribution in [-0.4, -0.2) is 22.7 Å². The van der Waals surface area contributed by atoms with Crippen LogP contribution in [0.1, 0.15) is 25.0 Å². The quantitative estimate of drug-likeness (QED) is 0.840. The van der Waals surface area contributed by atoms with Gasteiger partial charge in [-0.2, -0.15) is 13.2 Å². The monoisotopic (exact) mass is 283 g/mol. The van der Waals surface area contributed by atoms with Crippen LogP contribution in [0.5, 0.6) is 0 Å². The number of fused-ring (bicyclic) bond motifs is 1. The summed E-state index contributed by atoms with van der Waals surface area (Å²) in [4.78, 5) is 8.83. The Labute approximate surface area is 115 Å². The van der Waals surface area contributed by atoms with Gasteiger partial charge in [-0.25, -0.2) is 9.97 Å². The number of aromatic nitrogens is 2. The number of hydrogen-bond acceptors (Lipinski definition) is 3. The number of nitrogens with one attached hydrogen (secondary N) is 1. The minimum atomic E-state index is -4.07. The van der Waals surface area contributed by atoms with E-state index < -0.39 is 12.6 Å². The number of nitrogens with zero attached hydrogens (tertiary/aromatic N) is 2. The molecule has 0 aliphatic carbocycles. The molecule has 20 heavy (non-hydrogen) atoms. The Balaban J connectivity index is 1.91. The molecule has 3 nitrogen and oxygen atoms in total. The molecule has 0 amide bonds. The largest absolute Gasteiger partial charge is 0.389 e. The predicted octanol–water partition coefficient (Wildman–Crippen LogP) is 4.08. The van der Waals surface area contributed by atoms with E-state index in [0.29, 0.717) is 18.8 Å². The van der Waals surface area contributed by atoms with Gasteiger partial charge in [-0.05, 0) is 31.9 Å². The predicted molar refractivity (Wildman–Crippen MR) is 72.7 cm³/mol. The highest BCUT2D eigenvalue weighted by atomic mass is 19.4. The van der Waals surface area contributed by atoms with Crippen molar-refractivity contribution in [3.8, 4) is 0 Å². The molecule has 0 saturated carbocycles. The van der Waals surface area contributed by atoms with Crippen molar-refractivity contribution in [2.75, 3.05) is 11.9 Å². The van der Waals surface area contributed by atoms with E-state index in [4.69, 9.17) is 0 Å². The summed E-state index contributed by atoms with van der Waals surface area (Å²) in [6, 6.07) is 7.50. The van der Waals surface area contributed by atoms with Gasteiger partial charge in [-0.1, -0.05) is 12.1 Å². The molecule has 0 aliphatic rings. The molecule has 2 aromatic rings. The SMILES string of the molecule is Cc1nc2ccccc2nc1NCCCCC(F)(F)F. The van der Waals surface area contributed by atoms with Crippen LogP contribution in [0.2, 0.25) is 0 Å². The lowest BCUT2D eigenvalue weighted by molar-refractivity contribution is -0.135. The molecule has 1 aromatic carbocycles. The number of benzene rings is 1. The van der Waals surface area contributed by atoms with Crippen LogP contribution in [0.3, 0.4) is 0 Å². The van der Waals surface area contributed by atoms with Gasteiger partial charge >= 0.3 is 6.18 Å². The summed E-state index contributed by atoms with van der Waals surface area (Å²) in [5.41, 5.74) is 2.34. The number of alkyl halides is 3. The summed E-state index contributed by atoms with van der Waals surface area (Å²) in [6.07, 6.45) is -4.24. The first kappa shape index (κ1) is 14.6.